The van der Waals surface area contributed by atoms with E-state index in [4.69, 9.17) is 23.2 Å². The second-order valence-corrected chi connectivity index (χ2v) is 10.1. The summed E-state index contributed by atoms with van der Waals surface area (Å²) in [6, 6.07) is 13.8. The van der Waals surface area contributed by atoms with Crippen molar-refractivity contribution in [1.29, 1.82) is 0 Å². The van der Waals surface area contributed by atoms with Crippen LogP contribution in [0.4, 0.5) is 0 Å². The summed E-state index contributed by atoms with van der Waals surface area (Å²) in [5.74, 6) is 1.01. The highest BCUT2D eigenvalue weighted by atomic mass is 35.5. The molecule has 1 aliphatic heterocycles. The Hall–Kier alpha value is -1.25. The van der Waals surface area contributed by atoms with Crippen LogP contribution in [0, 0.1) is 0 Å². The number of sulfonamides is 1. The highest BCUT2D eigenvalue weighted by Crippen LogP contribution is 2.25. The normalized spacial score (nSPS) is 15.6. The van der Waals surface area contributed by atoms with Crippen molar-refractivity contribution in [3.8, 4) is 0 Å². The number of amides is 1. The summed E-state index contributed by atoms with van der Waals surface area (Å²) in [5, 5.41) is 1.01. The summed E-state index contributed by atoms with van der Waals surface area (Å²) in [6.45, 7) is 1.41. The molecule has 0 unspecified atom stereocenters. The topological polar surface area (TPSA) is 57.7 Å². The highest BCUT2D eigenvalue weighted by Gasteiger charge is 2.29. The van der Waals surface area contributed by atoms with E-state index in [1.807, 2.05) is 6.07 Å². The molecule has 9 heteroatoms. The zero-order valence-corrected chi connectivity index (χ0v) is 18.2. The number of benzene rings is 2. The molecule has 0 spiro atoms. The minimum atomic E-state index is -3.50. The maximum atomic E-state index is 12.6. The molecule has 3 rings (SSSR count). The van der Waals surface area contributed by atoms with Gasteiger partial charge in [-0.05, 0) is 29.8 Å². The largest absolute Gasteiger partial charge is 0.339 e. The first-order valence-electron chi connectivity index (χ1n) is 8.72. The zero-order chi connectivity index (χ0) is 20.1. The number of thioether (sulfide) groups is 1. The molecular weight excluding hydrogens is 439 g/mol. The molecule has 0 N–H and O–H groups in total. The quantitative estimate of drug-likeness (QED) is 0.660. The van der Waals surface area contributed by atoms with Gasteiger partial charge in [0.1, 0.15) is 0 Å². The molecule has 0 aliphatic carbocycles. The van der Waals surface area contributed by atoms with Crippen LogP contribution in [-0.4, -0.2) is 55.5 Å². The number of hydrogen-bond acceptors (Lipinski definition) is 4. The van der Waals surface area contributed by atoms with E-state index in [1.54, 1.807) is 47.4 Å². The Bertz CT molecular complexity index is 931. The molecule has 1 aliphatic rings. The molecule has 0 radical (unpaired) electrons. The van der Waals surface area contributed by atoms with Crippen LogP contribution in [0.1, 0.15) is 5.56 Å². The molecule has 28 heavy (non-hydrogen) atoms. The van der Waals surface area contributed by atoms with Crippen molar-refractivity contribution in [3.63, 3.8) is 0 Å². The number of carbonyl (C=O) groups excluding carboxylic acids is 1. The standard InChI is InChI=1S/C19H20Cl2N2O3S2/c20-17-7-6-15(12-18(17)21)13-27-14-19(24)22-8-10-23(11-9-22)28(25,26)16-4-2-1-3-5-16/h1-7,12H,8-11,13-14H2. The van der Waals surface area contributed by atoms with Gasteiger partial charge in [0.2, 0.25) is 15.9 Å². The van der Waals surface area contributed by atoms with Gasteiger partial charge in [-0.1, -0.05) is 47.5 Å². The average molecular weight is 459 g/mol. The molecule has 150 valence electrons. The van der Waals surface area contributed by atoms with Crippen LogP contribution in [0.25, 0.3) is 0 Å². The van der Waals surface area contributed by atoms with E-state index in [0.717, 1.165) is 5.56 Å². The van der Waals surface area contributed by atoms with Gasteiger partial charge in [0.15, 0.2) is 0 Å². The summed E-state index contributed by atoms with van der Waals surface area (Å²) >= 11 is 13.4. The molecule has 0 aromatic heterocycles. The predicted octanol–water partition coefficient (Wildman–Crippen LogP) is 3.76. The first-order valence-corrected chi connectivity index (χ1v) is 12.1. The van der Waals surface area contributed by atoms with E-state index in [2.05, 4.69) is 0 Å². The van der Waals surface area contributed by atoms with Gasteiger partial charge < -0.3 is 4.90 Å². The lowest BCUT2D eigenvalue weighted by Crippen LogP contribution is -2.50. The summed E-state index contributed by atoms with van der Waals surface area (Å²) < 4.78 is 26.7. The molecule has 5 nitrogen and oxygen atoms in total. The fraction of sp³-hybridized carbons (Fsp3) is 0.316. The molecule has 0 saturated carbocycles. The summed E-state index contributed by atoms with van der Waals surface area (Å²) in [7, 11) is -3.50. The second kappa shape index (κ2) is 9.50. The Morgan fingerprint density at radius 2 is 1.64 bits per heavy atom. The fourth-order valence-corrected chi connectivity index (χ4v) is 5.53. The van der Waals surface area contributed by atoms with Gasteiger partial charge in [0, 0.05) is 31.9 Å². The van der Waals surface area contributed by atoms with E-state index in [9.17, 15) is 13.2 Å². The lowest BCUT2D eigenvalue weighted by Gasteiger charge is -2.34. The lowest BCUT2D eigenvalue weighted by molar-refractivity contribution is -0.129. The Balaban J connectivity index is 1.48. The van der Waals surface area contributed by atoms with Gasteiger partial charge in [-0.15, -0.1) is 11.8 Å². The molecule has 1 amide bonds. The van der Waals surface area contributed by atoms with E-state index in [1.165, 1.54) is 16.1 Å². The number of rotatable bonds is 6. The van der Waals surface area contributed by atoms with Crippen LogP contribution < -0.4 is 0 Å². The van der Waals surface area contributed by atoms with Gasteiger partial charge >= 0.3 is 0 Å². The van der Waals surface area contributed by atoms with Crippen LogP contribution in [-0.2, 0) is 20.6 Å². The SMILES string of the molecule is O=C(CSCc1ccc(Cl)c(Cl)c1)N1CCN(S(=O)(=O)c2ccccc2)CC1. The molecule has 0 bridgehead atoms. The summed E-state index contributed by atoms with van der Waals surface area (Å²) in [6.07, 6.45) is 0. The van der Waals surface area contributed by atoms with E-state index < -0.39 is 10.0 Å². The number of nitrogens with zero attached hydrogens (tertiary/aromatic N) is 2. The molecule has 1 heterocycles. The maximum Gasteiger partial charge on any atom is 0.243 e. The Morgan fingerprint density at radius 3 is 2.29 bits per heavy atom. The van der Waals surface area contributed by atoms with Crippen molar-refractivity contribution in [2.75, 3.05) is 31.9 Å². The number of piperazine rings is 1. The van der Waals surface area contributed by atoms with Crippen molar-refractivity contribution in [2.45, 2.75) is 10.6 Å². The third kappa shape index (κ3) is 5.21. The minimum Gasteiger partial charge on any atom is -0.339 e. The second-order valence-electron chi connectivity index (χ2n) is 6.34. The van der Waals surface area contributed by atoms with Crippen molar-refractivity contribution in [2.24, 2.45) is 0 Å². The molecule has 2 aromatic carbocycles. The minimum absolute atomic E-state index is 0.0156. The lowest BCUT2D eigenvalue weighted by atomic mass is 10.2. The summed E-state index contributed by atoms with van der Waals surface area (Å²) in [4.78, 5) is 14.4. The molecule has 1 fully saturated rings. The first kappa shape index (κ1) is 21.5. The van der Waals surface area contributed by atoms with Crippen molar-refractivity contribution >= 4 is 50.9 Å². The third-order valence-corrected chi connectivity index (χ3v) is 8.09. The highest BCUT2D eigenvalue weighted by molar-refractivity contribution is 7.99. The van der Waals surface area contributed by atoms with Gasteiger partial charge in [-0.2, -0.15) is 4.31 Å². The zero-order valence-electron chi connectivity index (χ0n) is 15.1. The van der Waals surface area contributed by atoms with Crippen LogP contribution in [0.15, 0.2) is 53.4 Å². The fourth-order valence-electron chi connectivity index (χ4n) is 2.90. The van der Waals surface area contributed by atoms with Gasteiger partial charge in [-0.25, -0.2) is 8.42 Å². The predicted molar refractivity (Wildman–Crippen MR) is 114 cm³/mol. The number of hydrogen-bond donors (Lipinski definition) is 0. The first-order chi connectivity index (χ1) is 13.4. The number of halogens is 2. The Kier molecular flexibility index (Phi) is 7.28. The molecule has 1 saturated heterocycles. The van der Waals surface area contributed by atoms with Crippen molar-refractivity contribution in [1.82, 2.24) is 9.21 Å². The van der Waals surface area contributed by atoms with Crippen molar-refractivity contribution in [3.05, 3.63) is 64.1 Å². The van der Waals surface area contributed by atoms with Gasteiger partial charge in [0.25, 0.3) is 0 Å². The van der Waals surface area contributed by atoms with E-state index in [0.29, 0.717) is 47.7 Å². The van der Waals surface area contributed by atoms with E-state index in [-0.39, 0.29) is 10.8 Å². The number of carbonyl (C=O) groups is 1. The Morgan fingerprint density at radius 1 is 0.964 bits per heavy atom. The van der Waals surface area contributed by atoms with Crippen LogP contribution in [0.3, 0.4) is 0 Å². The van der Waals surface area contributed by atoms with Crippen LogP contribution >= 0.6 is 35.0 Å². The molecule has 2 aromatic rings. The average Bonchev–Trinajstić information content (AvgIpc) is 2.71. The smallest absolute Gasteiger partial charge is 0.243 e. The van der Waals surface area contributed by atoms with E-state index >= 15 is 0 Å². The van der Waals surface area contributed by atoms with Crippen molar-refractivity contribution < 1.29 is 13.2 Å². The molecular formula is C19H20Cl2N2O3S2. The Labute approximate surface area is 179 Å². The van der Waals surface area contributed by atoms with Crippen LogP contribution in [0.2, 0.25) is 10.0 Å². The summed E-state index contributed by atoms with van der Waals surface area (Å²) in [5.41, 5.74) is 1.01. The monoisotopic (exact) mass is 458 g/mol. The van der Waals surface area contributed by atoms with Crippen LogP contribution in [0.5, 0.6) is 0 Å². The maximum absolute atomic E-state index is 12.6. The third-order valence-electron chi connectivity index (χ3n) is 4.45. The van der Waals surface area contributed by atoms with Gasteiger partial charge in [-0.3, -0.25) is 4.79 Å². The molecule has 0 atom stereocenters. The van der Waals surface area contributed by atoms with Gasteiger partial charge in [0.05, 0.1) is 20.7 Å².